The van der Waals surface area contributed by atoms with Crippen LogP contribution in [0.4, 0.5) is 5.69 Å². The number of allylic oxidation sites excluding steroid dienone is 2. The molecule has 0 saturated carbocycles. The molecule has 2 aromatic carbocycles. The first kappa shape index (κ1) is 15.6. The fraction of sp³-hybridized carbons (Fsp3) is 0.318. The Hall–Kier alpha value is -2.59. The molecule has 0 bridgehead atoms. The number of aliphatic imine (C=N–C) groups is 1. The summed E-state index contributed by atoms with van der Waals surface area (Å²) in [6.07, 6.45) is 7.52. The molecule has 4 nitrogen and oxygen atoms in total. The van der Waals surface area contributed by atoms with Gasteiger partial charge in [0, 0.05) is 17.8 Å². The number of hydrogen-bond donors (Lipinski definition) is 2. The SMILES string of the molecule is CC1C=CC2=C(CCc3c2ccc2c(N4C=NCC4)c(O)ccc32)C1O. The number of phenolic OH excluding ortho intramolecular Hbond substituents is 1. The van der Waals surface area contributed by atoms with E-state index < -0.39 is 0 Å². The number of phenols is 1. The Bertz CT molecular complexity index is 1000. The van der Waals surface area contributed by atoms with Crippen LogP contribution in [0.1, 0.15) is 24.5 Å². The van der Waals surface area contributed by atoms with Crippen molar-refractivity contribution in [1.29, 1.82) is 0 Å². The Balaban J connectivity index is 1.72. The number of fused-ring (bicyclic) bond motifs is 4. The third kappa shape index (κ3) is 2.15. The first-order chi connectivity index (χ1) is 12.6. The Morgan fingerprint density at radius 2 is 1.96 bits per heavy atom. The summed E-state index contributed by atoms with van der Waals surface area (Å²) in [5.74, 6) is 0.470. The minimum absolute atomic E-state index is 0.175. The van der Waals surface area contributed by atoms with Crippen LogP contribution >= 0.6 is 0 Å². The van der Waals surface area contributed by atoms with Crippen LogP contribution in [0.2, 0.25) is 0 Å². The zero-order chi connectivity index (χ0) is 17.8. The minimum Gasteiger partial charge on any atom is -0.506 e. The van der Waals surface area contributed by atoms with Crippen LogP contribution in [-0.4, -0.2) is 35.7 Å². The van der Waals surface area contributed by atoms with E-state index in [1.54, 1.807) is 6.07 Å². The lowest BCUT2D eigenvalue weighted by molar-refractivity contribution is 0.168. The third-order valence-electron chi connectivity index (χ3n) is 5.94. The van der Waals surface area contributed by atoms with Gasteiger partial charge in [-0.1, -0.05) is 37.3 Å². The van der Waals surface area contributed by atoms with Gasteiger partial charge in [0.05, 0.1) is 24.7 Å². The van der Waals surface area contributed by atoms with Gasteiger partial charge in [-0.15, -0.1) is 0 Å². The van der Waals surface area contributed by atoms with Crippen molar-refractivity contribution in [3.05, 3.63) is 53.1 Å². The molecule has 1 aliphatic heterocycles. The maximum absolute atomic E-state index is 10.6. The predicted molar refractivity (Wildman–Crippen MR) is 106 cm³/mol. The molecule has 2 N–H and O–H groups in total. The summed E-state index contributed by atoms with van der Waals surface area (Å²) in [5, 5.41) is 23.3. The molecule has 0 spiro atoms. The fourth-order valence-electron chi connectivity index (χ4n) is 4.56. The molecule has 26 heavy (non-hydrogen) atoms. The molecule has 132 valence electrons. The van der Waals surface area contributed by atoms with Crippen LogP contribution in [0.25, 0.3) is 16.3 Å². The second-order valence-electron chi connectivity index (χ2n) is 7.44. The summed E-state index contributed by atoms with van der Waals surface area (Å²) >= 11 is 0. The van der Waals surface area contributed by atoms with Crippen LogP contribution in [-0.2, 0) is 6.42 Å². The molecule has 2 unspecified atom stereocenters. The van der Waals surface area contributed by atoms with E-state index in [0.29, 0.717) is 5.75 Å². The van der Waals surface area contributed by atoms with E-state index >= 15 is 0 Å². The van der Waals surface area contributed by atoms with Gasteiger partial charge in [0.15, 0.2) is 0 Å². The zero-order valence-corrected chi connectivity index (χ0v) is 14.8. The van der Waals surface area contributed by atoms with Gasteiger partial charge in [0.25, 0.3) is 0 Å². The van der Waals surface area contributed by atoms with Gasteiger partial charge < -0.3 is 15.1 Å². The van der Waals surface area contributed by atoms with Gasteiger partial charge in [-0.2, -0.15) is 0 Å². The van der Waals surface area contributed by atoms with Crippen molar-refractivity contribution < 1.29 is 10.2 Å². The largest absolute Gasteiger partial charge is 0.506 e. The lowest BCUT2D eigenvalue weighted by atomic mass is 9.76. The quantitative estimate of drug-likeness (QED) is 0.828. The van der Waals surface area contributed by atoms with Crippen molar-refractivity contribution in [1.82, 2.24) is 0 Å². The molecule has 3 aliphatic rings. The zero-order valence-electron chi connectivity index (χ0n) is 14.8. The molecule has 0 amide bonds. The molecule has 4 heteroatoms. The fourth-order valence-corrected chi connectivity index (χ4v) is 4.56. The number of aliphatic hydroxyl groups excluding tert-OH is 1. The minimum atomic E-state index is -0.380. The molecule has 1 heterocycles. The summed E-state index contributed by atoms with van der Waals surface area (Å²) < 4.78 is 0. The number of aliphatic hydroxyl groups is 1. The lowest BCUT2D eigenvalue weighted by Crippen LogP contribution is -2.25. The van der Waals surface area contributed by atoms with E-state index in [2.05, 4.69) is 36.2 Å². The molecule has 0 radical (unpaired) electrons. The first-order valence-corrected chi connectivity index (χ1v) is 9.29. The average Bonchev–Trinajstić information content (AvgIpc) is 3.18. The Morgan fingerprint density at radius 1 is 1.12 bits per heavy atom. The third-order valence-corrected chi connectivity index (χ3v) is 5.94. The number of hydrogen-bond acceptors (Lipinski definition) is 4. The predicted octanol–water partition coefficient (Wildman–Crippen LogP) is 3.66. The number of rotatable bonds is 1. The molecule has 5 rings (SSSR count). The summed E-state index contributed by atoms with van der Waals surface area (Å²) in [7, 11) is 0. The van der Waals surface area contributed by atoms with Crippen LogP contribution < -0.4 is 4.90 Å². The number of nitrogens with zero attached hydrogens (tertiary/aromatic N) is 2. The second kappa shape index (κ2) is 5.71. The summed E-state index contributed by atoms with van der Waals surface area (Å²) in [5.41, 5.74) is 5.71. The number of anilines is 1. The Kier molecular flexibility index (Phi) is 3.44. The molecule has 2 aromatic rings. The van der Waals surface area contributed by atoms with Crippen LogP contribution in [0.3, 0.4) is 0 Å². The van der Waals surface area contributed by atoms with Gasteiger partial charge in [0.1, 0.15) is 5.75 Å². The highest BCUT2D eigenvalue weighted by molar-refractivity contribution is 6.05. The van der Waals surface area contributed by atoms with Crippen molar-refractivity contribution in [2.24, 2.45) is 10.9 Å². The van der Waals surface area contributed by atoms with E-state index in [-0.39, 0.29) is 12.0 Å². The summed E-state index contributed by atoms with van der Waals surface area (Å²) in [6, 6.07) is 8.07. The van der Waals surface area contributed by atoms with Crippen molar-refractivity contribution in [3.63, 3.8) is 0 Å². The summed E-state index contributed by atoms with van der Waals surface area (Å²) in [6.45, 7) is 3.62. The molecular weight excluding hydrogens is 324 g/mol. The van der Waals surface area contributed by atoms with Gasteiger partial charge in [-0.3, -0.25) is 4.99 Å². The van der Waals surface area contributed by atoms with Crippen LogP contribution in [0, 0.1) is 5.92 Å². The lowest BCUT2D eigenvalue weighted by Gasteiger charge is -2.31. The highest BCUT2D eigenvalue weighted by Gasteiger charge is 2.29. The van der Waals surface area contributed by atoms with Gasteiger partial charge in [-0.05, 0) is 46.6 Å². The van der Waals surface area contributed by atoms with E-state index in [1.807, 2.05) is 17.3 Å². The van der Waals surface area contributed by atoms with Crippen molar-refractivity contribution in [3.8, 4) is 5.75 Å². The van der Waals surface area contributed by atoms with Crippen LogP contribution in [0.5, 0.6) is 5.75 Å². The maximum atomic E-state index is 10.6. The molecular formula is C22H22N2O2. The van der Waals surface area contributed by atoms with E-state index in [9.17, 15) is 10.2 Å². The first-order valence-electron chi connectivity index (χ1n) is 9.29. The maximum Gasteiger partial charge on any atom is 0.139 e. The average molecular weight is 346 g/mol. The molecule has 0 saturated heterocycles. The highest BCUT2D eigenvalue weighted by Crippen LogP contribution is 2.44. The highest BCUT2D eigenvalue weighted by atomic mass is 16.3. The van der Waals surface area contributed by atoms with Crippen LogP contribution in [0.15, 0.2) is 47.0 Å². The normalized spacial score (nSPS) is 24.3. The molecule has 0 fully saturated rings. The van der Waals surface area contributed by atoms with E-state index in [4.69, 9.17) is 0 Å². The number of aryl methyl sites for hydroxylation is 1. The monoisotopic (exact) mass is 346 g/mol. The van der Waals surface area contributed by atoms with Gasteiger partial charge in [0.2, 0.25) is 0 Å². The molecule has 2 atom stereocenters. The van der Waals surface area contributed by atoms with Crippen molar-refractivity contribution in [2.75, 3.05) is 18.0 Å². The Labute approximate surface area is 152 Å². The molecule has 0 aromatic heterocycles. The van der Waals surface area contributed by atoms with E-state index in [0.717, 1.165) is 42.6 Å². The smallest absolute Gasteiger partial charge is 0.139 e. The number of aromatic hydroxyl groups is 1. The second-order valence-corrected chi connectivity index (χ2v) is 7.44. The Morgan fingerprint density at radius 3 is 2.77 bits per heavy atom. The van der Waals surface area contributed by atoms with Gasteiger partial charge in [-0.25, -0.2) is 0 Å². The van der Waals surface area contributed by atoms with Gasteiger partial charge >= 0.3 is 0 Å². The van der Waals surface area contributed by atoms with Crippen molar-refractivity contribution in [2.45, 2.75) is 25.9 Å². The molecule has 2 aliphatic carbocycles. The topological polar surface area (TPSA) is 56.1 Å². The standard InChI is InChI=1S/C22H22N2O2/c1-13-2-3-17-15-4-6-18-16(14(15)5-7-19(17)22(13)26)8-9-20(25)21(18)24-11-10-23-12-24/h2-4,6,8-9,12-13,22,25-26H,5,7,10-11H2,1H3. The number of benzene rings is 2. The van der Waals surface area contributed by atoms with Crippen molar-refractivity contribution >= 4 is 28.4 Å². The summed E-state index contributed by atoms with van der Waals surface area (Å²) in [4.78, 5) is 6.32. The van der Waals surface area contributed by atoms with E-state index in [1.165, 1.54) is 22.1 Å².